The summed E-state index contributed by atoms with van der Waals surface area (Å²) in [5, 5.41) is 10.8. The van der Waals surface area contributed by atoms with Crippen molar-refractivity contribution in [2.75, 3.05) is 37.3 Å². The smallest absolute Gasteiger partial charge is 0.330 e. The van der Waals surface area contributed by atoms with E-state index in [0.717, 1.165) is 117 Å². The number of hydrazone groups is 2. The molecule has 2 N–H and O–H groups in total. The van der Waals surface area contributed by atoms with E-state index in [9.17, 15) is 9.59 Å². The molecule has 0 bridgehead atoms. The highest BCUT2D eigenvalue weighted by Crippen LogP contribution is 2.34. The first-order chi connectivity index (χ1) is 32.4. The molecule has 0 radical (unpaired) electrons. The van der Waals surface area contributed by atoms with Gasteiger partial charge in [-0.05, 0) is 134 Å². The molecule has 7 rings (SSSR count). The van der Waals surface area contributed by atoms with Crippen LogP contribution in [0, 0.1) is 0 Å². The highest BCUT2D eigenvalue weighted by molar-refractivity contribution is 7.22. The maximum absolute atomic E-state index is 11.3. The lowest BCUT2D eigenvalue weighted by Crippen LogP contribution is -2.02. The summed E-state index contributed by atoms with van der Waals surface area (Å²) < 4.78 is 24.5. The number of para-hydroxylation sites is 2. The van der Waals surface area contributed by atoms with Crippen LogP contribution < -0.4 is 20.3 Å². The highest BCUT2D eigenvalue weighted by atomic mass is 32.1. The topological polar surface area (TPSA) is 146 Å². The molecule has 66 heavy (non-hydrogen) atoms. The first-order valence-corrected chi connectivity index (χ1v) is 23.6. The van der Waals surface area contributed by atoms with Crippen molar-refractivity contribution >= 4 is 77.7 Å². The average Bonchev–Trinajstić information content (AvgIpc) is 3.97. The molecule has 2 heterocycles. The number of ether oxygens (including phenoxy) is 4. The summed E-state index contributed by atoms with van der Waals surface area (Å²) in [5.74, 6) is 0.775. The first kappa shape index (κ1) is 46.8. The quantitative estimate of drug-likeness (QED) is 0.0177. The summed E-state index contributed by atoms with van der Waals surface area (Å²) in [6, 6.07) is 36.4. The second kappa shape index (κ2) is 24.8. The van der Waals surface area contributed by atoms with Crippen molar-refractivity contribution in [2.24, 2.45) is 10.2 Å². The molecule has 338 valence electrons. The molecule has 0 aliphatic rings. The first-order valence-electron chi connectivity index (χ1n) is 22.0. The molecule has 12 nitrogen and oxygen atoms in total. The van der Waals surface area contributed by atoms with Gasteiger partial charge in [-0.15, -0.1) is 0 Å². The Balaban J connectivity index is 1.11. The van der Waals surface area contributed by atoms with Crippen molar-refractivity contribution < 1.29 is 28.5 Å². The number of unbranched alkanes of at least 4 members (excludes halogenated alkanes) is 6. The maximum atomic E-state index is 11.3. The largest absolute Gasteiger partial charge is 0.494 e. The van der Waals surface area contributed by atoms with E-state index < -0.39 is 0 Å². The summed E-state index contributed by atoms with van der Waals surface area (Å²) in [4.78, 5) is 31.9. The monoisotopic (exact) mass is 920 g/mol. The van der Waals surface area contributed by atoms with Crippen molar-refractivity contribution in [2.45, 2.75) is 51.4 Å². The van der Waals surface area contributed by atoms with Gasteiger partial charge in [0, 0.05) is 23.3 Å². The van der Waals surface area contributed by atoms with Gasteiger partial charge in [-0.1, -0.05) is 84.4 Å². The fraction of sp³-hybridized carbons (Fsp3) is 0.231. The average molecular weight is 921 g/mol. The number of anilines is 2. The Labute approximate surface area is 392 Å². The summed E-state index contributed by atoms with van der Waals surface area (Å²) in [6.45, 7) is 8.82. The van der Waals surface area contributed by atoms with E-state index in [4.69, 9.17) is 39.1 Å². The van der Waals surface area contributed by atoms with E-state index in [-0.39, 0.29) is 11.9 Å². The molecular weight excluding hydrogens is 869 g/mol. The van der Waals surface area contributed by atoms with Gasteiger partial charge in [0.2, 0.25) is 10.3 Å². The van der Waals surface area contributed by atoms with Gasteiger partial charge >= 0.3 is 11.9 Å². The number of fused-ring (bicyclic) bond motifs is 2. The Morgan fingerprint density at radius 2 is 0.924 bits per heavy atom. The van der Waals surface area contributed by atoms with Crippen LogP contribution in [0.1, 0.15) is 62.5 Å². The normalized spacial score (nSPS) is 11.3. The third-order valence-corrected chi connectivity index (χ3v) is 12.2. The predicted molar refractivity (Wildman–Crippen MR) is 269 cm³/mol. The van der Waals surface area contributed by atoms with Crippen molar-refractivity contribution in [1.82, 2.24) is 9.97 Å². The van der Waals surface area contributed by atoms with Gasteiger partial charge in [-0.2, -0.15) is 10.2 Å². The fourth-order valence-corrected chi connectivity index (χ4v) is 8.55. The maximum Gasteiger partial charge on any atom is 0.330 e. The van der Waals surface area contributed by atoms with Gasteiger partial charge in [-0.3, -0.25) is 10.9 Å². The molecule has 14 heteroatoms. The molecule has 0 spiro atoms. The standard InChI is InChI=1S/C52H52N6O6S2/c1-3-49(59)63-31-15-7-5-13-29-61-41-25-21-37(22-26-41)43-33-40(36-54-58-52-56-46-18-10-12-20-48(46)66-52)44(34-39(43)35-53-57-51-55-45-17-9-11-19-47(45)65-51)38-23-27-42(28-24-38)62-30-14-6-8-16-32-64-50(60)4-2/h3-4,9-12,17-28,33-36H,1-2,5-8,13-16,29-32H2,(H,55,57)(H,56,58)/b53-35+,54-36+. The number of rotatable bonds is 26. The van der Waals surface area contributed by atoms with Crippen LogP contribution in [0.3, 0.4) is 0 Å². The minimum atomic E-state index is -0.389. The van der Waals surface area contributed by atoms with Crippen molar-refractivity contribution in [3.05, 3.63) is 146 Å². The van der Waals surface area contributed by atoms with E-state index in [0.29, 0.717) is 36.7 Å². The molecule has 0 aliphatic carbocycles. The second-order valence-corrected chi connectivity index (χ2v) is 17.1. The minimum Gasteiger partial charge on any atom is -0.494 e. The Bertz CT molecular complexity index is 2510. The molecular formula is C52H52N6O6S2. The van der Waals surface area contributed by atoms with Gasteiger partial charge in [0.1, 0.15) is 11.5 Å². The van der Waals surface area contributed by atoms with Gasteiger partial charge in [0.15, 0.2) is 0 Å². The number of thiazole rings is 2. The van der Waals surface area contributed by atoms with Crippen LogP contribution in [-0.2, 0) is 19.1 Å². The van der Waals surface area contributed by atoms with Crippen molar-refractivity contribution in [3.8, 4) is 33.8 Å². The number of benzene rings is 5. The number of carbonyl (C=O) groups is 2. The van der Waals surface area contributed by atoms with Crippen LogP contribution in [0.2, 0.25) is 0 Å². The highest BCUT2D eigenvalue weighted by Gasteiger charge is 2.14. The zero-order valence-corrected chi connectivity index (χ0v) is 38.3. The molecule has 0 atom stereocenters. The van der Waals surface area contributed by atoms with Gasteiger partial charge in [0.05, 0.1) is 59.3 Å². The molecule has 5 aromatic carbocycles. The van der Waals surface area contributed by atoms with Gasteiger partial charge in [-0.25, -0.2) is 19.6 Å². The summed E-state index contributed by atoms with van der Waals surface area (Å²) >= 11 is 3.09. The number of hydrogen-bond donors (Lipinski definition) is 2. The lowest BCUT2D eigenvalue weighted by Gasteiger charge is -2.15. The Morgan fingerprint density at radius 3 is 1.32 bits per heavy atom. The van der Waals surface area contributed by atoms with E-state index in [1.165, 1.54) is 12.2 Å². The SMILES string of the molecule is C=CC(=O)OCCCCCCOc1ccc(-c2cc(/C=N/Nc3nc4ccccc4s3)c(-c3ccc(OCCCCCCOC(=O)C=C)cc3)cc2/C=N/Nc2nc3ccccc3s2)cc1. The van der Waals surface area contributed by atoms with Crippen LogP contribution in [0.5, 0.6) is 11.5 Å². The molecule has 0 saturated heterocycles. The fourth-order valence-electron chi connectivity index (χ4n) is 6.92. The van der Waals surface area contributed by atoms with Gasteiger partial charge in [0.25, 0.3) is 0 Å². The Morgan fingerprint density at radius 1 is 0.530 bits per heavy atom. The van der Waals surface area contributed by atoms with E-state index >= 15 is 0 Å². The van der Waals surface area contributed by atoms with Crippen LogP contribution in [0.25, 0.3) is 42.7 Å². The molecule has 0 amide bonds. The Kier molecular flexibility index (Phi) is 17.6. The van der Waals surface area contributed by atoms with Crippen LogP contribution in [0.15, 0.2) is 145 Å². The number of carbonyl (C=O) groups excluding carboxylic acids is 2. The predicted octanol–water partition coefficient (Wildman–Crippen LogP) is 12.5. The zero-order valence-electron chi connectivity index (χ0n) is 36.7. The zero-order chi connectivity index (χ0) is 45.8. The number of nitrogens with zero attached hydrogens (tertiary/aromatic N) is 4. The molecule has 2 aromatic heterocycles. The lowest BCUT2D eigenvalue weighted by molar-refractivity contribution is -0.138. The second-order valence-electron chi connectivity index (χ2n) is 15.1. The number of hydrogen-bond acceptors (Lipinski definition) is 14. The van der Waals surface area contributed by atoms with E-state index in [1.807, 2.05) is 85.2 Å². The molecule has 0 aliphatic heterocycles. The molecule has 7 aromatic rings. The third-order valence-electron chi connectivity index (χ3n) is 10.3. The van der Waals surface area contributed by atoms with Crippen LogP contribution in [0.4, 0.5) is 10.3 Å². The number of aromatic nitrogens is 2. The van der Waals surface area contributed by atoms with E-state index in [1.54, 1.807) is 22.7 Å². The third kappa shape index (κ3) is 13.9. The van der Waals surface area contributed by atoms with Crippen LogP contribution in [-0.4, -0.2) is 60.8 Å². The molecule has 0 unspecified atom stereocenters. The minimum absolute atomic E-state index is 0.389. The summed E-state index contributed by atoms with van der Waals surface area (Å²) in [7, 11) is 0. The van der Waals surface area contributed by atoms with Crippen molar-refractivity contribution in [1.29, 1.82) is 0 Å². The number of esters is 2. The summed E-state index contributed by atoms with van der Waals surface area (Å²) in [6.07, 6.45) is 13.2. The van der Waals surface area contributed by atoms with Crippen LogP contribution >= 0.6 is 22.7 Å². The number of nitrogens with one attached hydrogen (secondary N) is 2. The van der Waals surface area contributed by atoms with Crippen molar-refractivity contribution in [3.63, 3.8) is 0 Å². The Hall–Kier alpha value is -7.16. The lowest BCUT2D eigenvalue weighted by atomic mass is 9.91. The van der Waals surface area contributed by atoms with Gasteiger partial charge < -0.3 is 18.9 Å². The van der Waals surface area contributed by atoms with E-state index in [2.05, 4.69) is 60.4 Å². The summed E-state index contributed by atoms with van der Waals surface area (Å²) in [5.41, 5.74) is 13.7. The molecule has 0 saturated carbocycles. The molecule has 0 fully saturated rings.